The van der Waals surface area contributed by atoms with Gasteiger partial charge in [0, 0.05) is 29.3 Å². The lowest BCUT2D eigenvalue weighted by Gasteiger charge is -2.09. The van der Waals surface area contributed by atoms with Crippen LogP contribution in [0.2, 0.25) is 0 Å². The summed E-state index contributed by atoms with van der Waals surface area (Å²) < 4.78 is 2.45. The monoisotopic (exact) mass is 372 g/mol. The van der Waals surface area contributed by atoms with E-state index in [2.05, 4.69) is 31.8 Å². The van der Waals surface area contributed by atoms with Crippen LogP contribution in [0.15, 0.2) is 53.3 Å². The second-order valence-corrected chi connectivity index (χ2v) is 5.85. The van der Waals surface area contributed by atoms with Crippen LogP contribution in [-0.4, -0.2) is 21.4 Å². The van der Waals surface area contributed by atoms with Gasteiger partial charge in [-0.2, -0.15) is 0 Å². The number of para-hydroxylation sites is 1. The van der Waals surface area contributed by atoms with Gasteiger partial charge in [-0.15, -0.1) is 0 Å². The van der Waals surface area contributed by atoms with Gasteiger partial charge in [-0.3, -0.25) is 25.4 Å². The molecular formula is C16H13BrN4O2. The number of nitrogens with zero attached hydrogens (tertiary/aromatic N) is 2. The highest BCUT2D eigenvalue weighted by Crippen LogP contribution is 2.16. The third-order valence-electron chi connectivity index (χ3n) is 3.39. The Labute approximate surface area is 140 Å². The van der Waals surface area contributed by atoms with E-state index in [9.17, 15) is 9.59 Å². The van der Waals surface area contributed by atoms with Crippen molar-refractivity contribution in [3.05, 3.63) is 64.5 Å². The zero-order valence-electron chi connectivity index (χ0n) is 12.2. The number of rotatable bonds is 2. The van der Waals surface area contributed by atoms with Crippen molar-refractivity contribution in [2.24, 2.45) is 7.05 Å². The number of hydrogen-bond donors (Lipinski definition) is 2. The SMILES string of the molecule is Cn1cc(Br)cc1C(=O)NNC(=O)c1ccnc2ccccc12. The zero-order valence-corrected chi connectivity index (χ0v) is 13.8. The molecule has 0 fully saturated rings. The molecule has 0 atom stereocenters. The fraction of sp³-hybridized carbons (Fsp3) is 0.0625. The van der Waals surface area contributed by atoms with Gasteiger partial charge in [0.2, 0.25) is 0 Å². The summed E-state index contributed by atoms with van der Waals surface area (Å²) in [6, 6.07) is 10.6. The normalized spacial score (nSPS) is 10.5. The van der Waals surface area contributed by atoms with Crippen LogP contribution in [0, 0.1) is 0 Å². The fourth-order valence-corrected chi connectivity index (χ4v) is 2.81. The van der Waals surface area contributed by atoms with Crippen LogP contribution in [0.1, 0.15) is 20.8 Å². The van der Waals surface area contributed by atoms with Gasteiger partial charge in [0.1, 0.15) is 5.69 Å². The predicted molar refractivity (Wildman–Crippen MR) is 89.8 cm³/mol. The van der Waals surface area contributed by atoms with Gasteiger partial charge in [-0.25, -0.2) is 0 Å². The summed E-state index contributed by atoms with van der Waals surface area (Å²) >= 11 is 3.30. The molecule has 2 amide bonds. The van der Waals surface area contributed by atoms with E-state index < -0.39 is 11.8 Å². The van der Waals surface area contributed by atoms with Crippen molar-refractivity contribution in [3.8, 4) is 0 Å². The van der Waals surface area contributed by atoms with Crippen LogP contribution in [0.5, 0.6) is 0 Å². The molecule has 0 aliphatic carbocycles. The van der Waals surface area contributed by atoms with Crippen LogP contribution >= 0.6 is 15.9 Å². The molecule has 6 nitrogen and oxygen atoms in total. The molecule has 23 heavy (non-hydrogen) atoms. The molecule has 2 N–H and O–H groups in total. The van der Waals surface area contributed by atoms with E-state index in [1.165, 1.54) is 0 Å². The smallest absolute Gasteiger partial charge is 0.286 e. The summed E-state index contributed by atoms with van der Waals surface area (Å²) in [5.74, 6) is -0.796. The molecule has 116 valence electrons. The molecule has 7 heteroatoms. The molecule has 0 unspecified atom stereocenters. The van der Waals surface area contributed by atoms with E-state index in [1.54, 1.807) is 36.1 Å². The second kappa shape index (κ2) is 6.21. The van der Waals surface area contributed by atoms with Crippen LogP contribution in [0.25, 0.3) is 10.9 Å². The number of aryl methyl sites for hydroxylation is 1. The van der Waals surface area contributed by atoms with Crippen LogP contribution in [0.3, 0.4) is 0 Å². The minimum atomic E-state index is -0.398. The Kier molecular flexibility index (Phi) is 4.12. The largest absolute Gasteiger partial charge is 0.345 e. The van der Waals surface area contributed by atoms with E-state index in [-0.39, 0.29) is 0 Å². The number of carbonyl (C=O) groups excluding carboxylic acids is 2. The Morgan fingerprint density at radius 1 is 1.13 bits per heavy atom. The van der Waals surface area contributed by atoms with Crippen molar-refractivity contribution in [3.63, 3.8) is 0 Å². The number of pyridine rings is 1. The van der Waals surface area contributed by atoms with Gasteiger partial charge >= 0.3 is 0 Å². The Morgan fingerprint density at radius 2 is 1.87 bits per heavy atom. The summed E-state index contributed by atoms with van der Waals surface area (Å²) in [7, 11) is 1.75. The van der Waals surface area contributed by atoms with E-state index >= 15 is 0 Å². The molecule has 3 rings (SSSR count). The molecule has 0 radical (unpaired) electrons. The lowest BCUT2D eigenvalue weighted by molar-refractivity contribution is 0.0843. The molecule has 0 spiro atoms. The molecule has 0 aliphatic heterocycles. The molecule has 2 aromatic heterocycles. The summed E-state index contributed by atoms with van der Waals surface area (Å²) in [4.78, 5) is 28.6. The highest BCUT2D eigenvalue weighted by Gasteiger charge is 2.14. The topological polar surface area (TPSA) is 76.0 Å². The number of benzene rings is 1. The number of hydrazine groups is 1. The maximum Gasteiger partial charge on any atom is 0.286 e. The first-order chi connectivity index (χ1) is 11.1. The van der Waals surface area contributed by atoms with Crippen molar-refractivity contribution in [1.29, 1.82) is 0 Å². The van der Waals surface area contributed by atoms with Crippen molar-refractivity contribution in [2.75, 3.05) is 0 Å². The maximum absolute atomic E-state index is 12.3. The molecule has 1 aromatic carbocycles. The van der Waals surface area contributed by atoms with Crippen LogP contribution in [-0.2, 0) is 7.05 Å². The summed E-state index contributed by atoms with van der Waals surface area (Å²) in [5.41, 5.74) is 6.44. The molecule has 0 saturated carbocycles. The van der Waals surface area contributed by atoms with Crippen molar-refractivity contribution < 1.29 is 9.59 Å². The number of nitrogens with one attached hydrogen (secondary N) is 2. The lowest BCUT2D eigenvalue weighted by Crippen LogP contribution is -2.42. The second-order valence-electron chi connectivity index (χ2n) is 4.94. The Hall–Kier alpha value is -2.67. The zero-order chi connectivity index (χ0) is 16.4. The Morgan fingerprint density at radius 3 is 2.61 bits per heavy atom. The third-order valence-corrected chi connectivity index (χ3v) is 3.82. The molecule has 0 bridgehead atoms. The molecule has 0 saturated heterocycles. The van der Waals surface area contributed by atoms with Crippen LogP contribution in [0.4, 0.5) is 0 Å². The first-order valence-electron chi connectivity index (χ1n) is 6.82. The highest BCUT2D eigenvalue weighted by molar-refractivity contribution is 9.10. The minimum Gasteiger partial charge on any atom is -0.345 e. The van der Waals surface area contributed by atoms with Gasteiger partial charge in [-0.1, -0.05) is 18.2 Å². The number of amides is 2. The van der Waals surface area contributed by atoms with E-state index in [4.69, 9.17) is 0 Å². The van der Waals surface area contributed by atoms with Crippen molar-refractivity contribution >= 4 is 38.6 Å². The molecule has 2 heterocycles. The third kappa shape index (κ3) is 3.09. The van der Waals surface area contributed by atoms with E-state index in [0.29, 0.717) is 11.3 Å². The minimum absolute atomic E-state index is 0.398. The van der Waals surface area contributed by atoms with Crippen molar-refractivity contribution in [2.45, 2.75) is 0 Å². The summed E-state index contributed by atoms with van der Waals surface area (Å²) in [5, 5.41) is 0.725. The first kappa shape index (κ1) is 15.2. The number of carbonyl (C=O) groups is 2. The van der Waals surface area contributed by atoms with Gasteiger partial charge in [0.25, 0.3) is 11.8 Å². The quantitative estimate of drug-likeness (QED) is 0.678. The Balaban J connectivity index is 1.76. The highest BCUT2D eigenvalue weighted by atomic mass is 79.9. The fourth-order valence-electron chi connectivity index (χ4n) is 2.29. The lowest BCUT2D eigenvalue weighted by atomic mass is 10.1. The standard InChI is InChI=1S/C16H13BrN4O2/c1-21-9-10(17)8-14(21)16(23)20-19-15(22)12-6-7-18-13-5-3-2-4-11(12)13/h2-9H,1H3,(H,19,22)(H,20,23). The van der Waals surface area contributed by atoms with Gasteiger partial charge in [0.05, 0.1) is 11.1 Å². The van der Waals surface area contributed by atoms with Gasteiger partial charge in [-0.05, 0) is 34.1 Å². The predicted octanol–water partition coefficient (Wildman–Crippen LogP) is 2.41. The van der Waals surface area contributed by atoms with Crippen LogP contribution < -0.4 is 10.9 Å². The average molecular weight is 373 g/mol. The van der Waals surface area contributed by atoms with Gasteiger partial charge in [0.15, 0.2) is 0 Å². The summed E-state index contributed by atoms with van der Waals surface area (Å²) in [6.07, 6.45) is 3.32. The molecule has 3 aromatic rings. The van der Waals surface area contributed by atoms with E-state index in [0.717, 1.165) is 15.4 Å². The van der Waals surface area contributed by atoms with E-state index in [1.807, 2.05) is 24.3 Å². The summed E-state index contributed by atoms with van der Waals surface area (Å²) in [6.45, 7) is 0. The maximum atomic E-state index is 12.3. The molecule has 0 aliphatic rings. The number of hydrogen-bond acceptors (Lipinski definition) is 3. The molecular weight excluding hydrogens is 360 g/mol. The number of aromatic nitrogens is 2. The average Bonchev–Trinajstić information content (AvgIpc) is 2.90. The van der Waals surface area contributed by atoms with Crippen molar-refractivity contribution in [1.82, 2.24) is 20.4 Å². The number of halogens is 1. The first-order valence-corrected chi connectivity index (χ1v) is 7.62. The van der Waals surface area contributed by atoms with Gasteiger partial charge < -0.3 is 4.57 Å². The number of fused-ring (bicyclic) bond motifs is 1. The Bertz CT molecular complexity index is 899.